The highest BCUT2D eigenvalue weighted by molar-refractivity contribution is 7.90. The van der Waals surface area contributed by atoms with Gasteiger partial charge in [-0.1, -0.05) is 35.4 Å². The first kappa shape index (κ1) is 18.7. The maximum atomic E-state index is 12.9. The van der Waals surface area contributed by atoms with Gasteiger partial charge in [-0.25, -0.2) is 0 Å². The fourth-order valence-electron chi connectivity index (χ4n) is 2.20. The van der Waals surface area contributed by atoms with Gasteiger partial charge in [-0.3, -0.25) is 0 Å². The summed E-state index contributed by atoms with van der Waals surface area (Å²) < 4.78 is 52.0. The molecule has 9 nitrogen and oxygen atoms in total. The number of nitrogens with zero attached hydrogens (tertiary/aromatic N) is 5. The minimum atomic E-state index is -4.40. The fourth-order valence-corrected chi connectivity index (χ4v) is 4.88. The van der Waals surface area contributed by atoms with E-state index in [4.69, 9.17) is 5.26 Å². The number of aryl methyl sites for hydroxylation is 2. The molecule has 0 amide bonds. The molecule has 138 valence electrons. The Hall–Kier alpha value is -3.10. The Morgan fingerprint density at radius 1 is 0.889 bits per heavy atom. The summed E-state index contributed by atoms with van der Waals surface area (Å²) in [4.78, 5) is -0.370. The fraction of sp³-hybridized carbons (Fsp3) is 0.125. The molecule has 0 atom stereocenters. The first-order chi connectivity index (χ1) is 12.7. The summed E-state index contributed by atoms with van der Waals surface area (Å²) in [6.07, 6.45) is 0. The topological polar surface area (TPSA) is 127 Å². The van der Waals surface area contributed by atoms with Crippen LogP contribution in [0.5, 0.6) is 0 Å². The number of hydrogen-bond acceptors (Lipinski definition) is 7. The van der Waals surface area contributed by atoms with E-state index in [-0.39, 0.29) is 18.2 Å². The maximum absolute atomic E-state index is 12.9. The zero-order valence-corrected chi connectivity index (χ0v) is 15.9. The normalized spacial score (nSPS) is 11.9. The second-order valence-electron chi connectivity index (χ2n) is 5.72. The zero-order valence-electron chi connectivity index (χ0n) is 14.3. The number of rotatable bonds is 4. The van der Waals surface area contributed by atoms with Gasteiger partial charge in [0.15, 0.2) is 6.07 Å². The van der Waals surface area contributed by atoms with Gasteiger partial charge >= 0.3 is 25.9 Å². The van der Waals surface area contributed by atoms with Crippen molar-refractivity contribution in [1.29, 1.82) is 5.26 Å². The quantitative estimate of drug-likeness (QED) is 0.580. The van der Waals surface area contributed by atoms with Crippen molar-refractivity contribution in [2.24, 2.45) is 0 Å². The van der Waals surface area contributed by atoms with Crippen molar-refractivity contribution in [2.75, 3.05) is 0 Å². The third-order valence-electron chi connectivity index (χ3n) is 3.67. The van der Waals surface area contributed by atoms with E-state index < -0.39 is 25.9 Å². The van der Waals surface area contributed by atoms with E-state index in [2.05, 4.69) is 10.2 Å². The Morgan fingerprint density at radius 2 is 1.37 bits per heavy atom. The number of nitriles is 1. The van der Waals surface area contributed by atoms with Crippen molar-refractivity contribution in [3.8, 4) is 6.07 Å². The van der Waals surface area contributed by atoms with Crippen LogP contribution in [0.1, 0.15) is 17.0 Å². The standard InChI is InChI=1S/C16H14N5O4S2/c1-12-3-7-14(8-4-12)26(22,23)20-18-16(11-17)19-21(20)27(24,25)15-9-5-13(2)6-10-15/h3-10H,1-2H3/q+1. The molecular formula is C16H14N5O4S2+. The Kier molecular flexibility index (Phi) is 4.54. The molecular weight excluding hydrogens is 390 g/mol. The number of benzene rings is 2. The Morgan fingerprint density at radius 3 is 1.85 bits per heavy atom. The molecule has 0 saturated carbocycles. The Labute approximate surface area is 156 Å². The SMILES string of the molecule is Cc1ccc(S(=O)(=O)n2nc(C#N)n[n+]2S(=O)(=O)c2ccc(C)cc2)cc1. The largest absolute Gasteiger partial charge is 0.410 e. The summed E-state index contributed by atoms with van der Waals surface area (Å²) >= 11 is 0. The molecule has 0 aliphatic carbocycles. The molecule has 0 aliphatic heterocycles. The first-order valence-electron chi connectivity index (χ1n) is 7.60. The van der Waals surface area contributed by atoms with Gasteiger partial charge in [-0.2, -0.15) is 22.1 Å². The average Bonchev–Trinajstić information content (AvgIpc) is 3.09. The smallest absolute Gasteiger partial charge is 0.194 e. The predicted molar refractivity (Wildman–Crippen MR) is 92.5 cm³/mol. The third kappa shape index (κ3) is 3.32. The molecule has 1 aromatic heterocycles. The van der Waals surface area contributed by atoms with Crippen LogP contribution in [0.2, 0.25) is 0 Å². The molecule has 3 aromatic rings. The van der Waals surface area contributed by atoms with Crippen molar-refractivity contribution < 1.29 is 21.0 Å². The zero-order chi connectivity index (χ0) is 19.8. The molecule has 3 rings (SSSR count). The monoisotopic (exact) mass is 404 g/mol. The van der Waals surface area contributed by atoms with Crippen molar-refractivity contribution >= 4 is 20.0 Å². The van der Waals surface area contributed by atoms with E-state index in [0.717, 1.165) is 11.1 Å². The molecule has 11 heteroatoms. The van der Waals surface area contributed by atoms with Crippen LogP contribution < -0.4 is 4.20 Å². The van der Waals surface area contributed by atoms with Crippen molar-refractivity contribution in [3.05, 3.63) is 65.5 Å². The molecule has 0 spiro atoms. The lowest BCUT2D eigenvalue weighted by Gasteiger charge is -2.03. The highest BCUT2D eigenvalue weighted by Crippen LogP contribution is 2.14. The highest BCUT2D eigenvalue weighted by Gasteiger charge is 2.39. The summed E-state index contributed by atoms with van der Waals surface area (Å²) in [6, 6.07) is 13.1. The van der Waals surface area contributed by atoms with Gasteiger partial charge in [0.05, 0.1) is 9.10 Å². The van der Waals surface area contributed by atoms with Crippen LogP contribution in [0.4, 0.5) is 0 Å². The molecule has 0 saturated heterocycles. The van der Waals surface area contributed by atoms with Gasteiger partial charge in [0.1, 0.15) is 14.2 Å². The summed E-state index contributed by atoms with van der Waals surface area (Å²) in [7, 11) is -8.80. The van der Waals surface area contributed by atoms with Crippen LogP contribution in [0.3, 0.4) is 0 Å². The van der Waals surface area contributed by atoms with Crippen molar-refractivity contribution in [3.63, 3.8) is 0 Å². The molecule has 2 aromatic carbocycles. The van der Waals surface area contributed by atoms with Crippen LogP contribution in [-0.4, -0.2) is 31.2 Å². The van der Waals surface area contributed by atoms with Crippen LogP contribution in [0, 0.1) is 25.2 Å². The second kappa shape index (κ2) is 6.57. The second-order valence-corrected chi connectivity index (χ2v) is 9.21. The minimum absolute atomic E-state index is 0.185. The number of tetrazole rings is 1. The molecule has 0 bridgehead atoms. The summed E-state index contributed by atoms with van der Waals surface area (Å²) in [5.74, 6) is -0.596. The van der Waals surface area contributed by atoms with Gasteiger partial charge in [-0.15, -0.1) is 0 Å². The molecule has 1 heterocycles. The van der Waals surface area contributed by atoms with E-state index in [1.165, 1.54) is 24.3 Å². The number of hydrogen-bond donors (Lipinski definition) is 0. The molecule has 0 N–H and O–H groups in total. The van der Waals surface area contributed by atoms with Gasteiger partial charge in [0.2, 0.25) is 0 Å². The van der Waals surface area contributed by atoms with Gasteiger partial charge in [0, 0.05) is 5.10 Å². The van der Waals surface area contributed by atoms with E-state index in [9.17, 15) is 16.8 Å². The molecule has 0 fully saturated rings. The minimum Gasteiger partial charge on any atom is -0.194 e. The van der Waals surface area contributed by atoms with Gasteiger partial charge < -0.3 is 0 Å². The summed E-state index contributed by atoms with van der Waals surface area (Å²) in [6.45, 7) is 3.56. The summed E-state index contributed by atoms with van der Waals surface area (Å²) in [5, 5.41) is 16.1. The lowest BCUT2D eigenvalue weighted by molar-refractivity contribution is -0.652. The third-order valence-corrected chi connectivity index (χ3v) is 6.85. The van der Waals surface area contributed by atoms with E-state index in [1.54, 1.807) is 44.2 Å². The first-order valence-corrected chi connectivity index (χ1v) is 10.5. The van der Waals surface area contributed by atoms with Gasteiger partial charge in [-0.05, 0) is 38.1 Å². The molecule has 0 radical (unpaired) electrons. The van der Waals surface area contributed by atoms with E-state index >= 15 is 0 Å². The van der Waals surface area contributed by atoms with Crippen LogP contribution >= 0.6 is 0 Å². The molecule has 0 aliphatic rings. The van der Waals surface area contributed by atoms with Crippen LogP contribution in [-0.2, 0) is 20.0 Å². The van der Waals surface area contributed by atoms with Crippen LogP contribution in [0.25, 0.3) is 0 Å². The Bertz CT molecular complexity index is 1160. The maximum Gasteiger partial charge on any atom is 0.410 e. The Balaban J connectivity index is 2.24. The number of aromatic nitrogens is 4. The van der Waals surface area contributed by atoms with Gasteiger partial charge in [0.25, 0.3) is 0 Å². The predicted octanol–water partition coefficient (Wildman–Crippen LogP) is 0.528. The van der Waals surface area contributed by atoms with E-state index in [1.807, 2.05) is 0 Å². The van der Waals surface area contributed by atoms with E-state index in [0.29, 0.717) is 0 Å². The van der Waals surface area contributed by atoms with Crippen molar-refractivity contribution in [1.82, 2.24) is 14.4 Å². The molecule has 27 heavy (non-hydrogen) atoms. The lowest BCUT2D eigenvalue weighted by atomic mass is 10.2. The average molecular weight is 404 g/mol. The van der Waals surface area contributed by atoms with Crippen LogP contribution in [0.15, 0.2) is 58.3 Å². The lowest BCUT2D eigenvalue weighted by Crippen LogP contribution is -2.55. The van der Waals surface area contributed by atoms with Crippen molar-refractivity contribution in [2.45, 2.75) is 23.6 Å². The highest BCUT2D eigenvalue weighted by atomic mass is 32.2. The molecule has 0 unspecified atom stereocenters. The summed E-state index contributed by atoms with van der Waals surface area (Å²) in [5.41, 5.74) is 1.65.